The topological polar surface area (TPSA) is 231 Å². The van der Waals surface area contributed by atoms with Crippen molar-refractivity contribution in [3.8, 4) is 23.0 Å². The molecule has 0 spiro atoms. The summed E-state index contributed by atoms with van der Waals surface area (Å²) in [6.45, 7) is 12.6. The summed E-state index contributed by atoms with van der Waals surface area (Å²) in [4.78, 5) is 66.1. The van der Waals surface area contributed by atoms with Gasteiger partial charge in [-0.2, -0.15) is 0 Å². The van der Waals surface area contributed by atoms with Gasteiger partial charge >= 0.3 is 0 Å². The third kappa shape index (κ3) is 34.7. The molecule has 19 heteroatoms. The van der Waals surface area contributed by atoms with Crippen LogP contribution in [0, 0.1) is 11.8 Å². The number of ether oxygens (including phenoxy) is 5. The standard InChI is InChI=1S/C65H107N7O11S/c1-6-10-14-18-20-24-29-52(27-22-16-12-8-3)60(74)67-37-43-78-45-39-69-62(76)55-49-56(63(77)70-40-46-79-44-38-68-61(75)53(28-23-17-13-9-4)30-25-21-19-15-11-7-2)51-58(50-55)81-41-26-31-59(73)66-36-42-80-47-48-82-57-34-32-54(33-35-57)64-71-72-65(83-64)84-5/h32-35,49-53H,6-31,36-48H2,1-5H3,(H,66,73)(H,67,74)(H,68,75)(H,69,76)(H,70,77). The molecule has 0 fully saturated rings. The van der Waals surface area contributed by atoms with E-state index in [1.165, 1.54) is 94.9 Å². The van der Waals surface area contributed by atoms with Crippen LogP contribution >= 0.6 is 11.8 Å². The summed E-state index contributed by atoms with van der Waals surface area (Å²) >= 11 is 1.38. The molecule has 1 heterocycles. The highest BCUT2D eigenvalue weighted by molar-refractivity contribution is 7.98. The molecular formula is C65H107N7O11S. The number of benzene rings is 2. The number of unbranched alkanes of at least 4 members (excludes halogenated alkanes) is 16. The Labute approximate surface area is 508 Å². The second-order valence-corrected chi connectivity index (χ2v) is 22.4. The minimum atomic E-state index is -0.416. The third-order valence-electron chi connectivity index (χ3n) is 14.5. The molecule has 2 aromatic carbocycles. The molecule has 1 aromatic heterocycles. The molecule has 2 unspecified atom stereocenters. The van der Waals surface area contributed by atoms with E-state index in [4.69, 9.17) is 28.1 Å². The molecule has 5 amide bonds. The van der Waals surface area contributed by atoms with Crippen LogP contribution < -0.4 is 36.1 Å². The van der Waals surface area contributed by atoms with Crippen LogP contribution in [0.4, 0.5) is 0 Å². The third-order valence-corrected chi connectivity index (χ3v) is 15.0. The number of thioether (sulfide) groups is 1. The van der Waals surface area contributed by atoms with Gasteiger partial charge in [0.2, 0.25) is 23.6 Å². The molecule has 3 aromatic rings. The predicted octanol–water partition coefficient (Wildman–Crippen LogP) is 12.2. The molecule has 0 saturated carbocycles. The van der Waals surface area contributed by atoms with E-state index in [2.05, 4.69) is 64.5 Å². The lowest BCUT2D eigenvalue weighted by Gasteiger charge is -2.17. The molecule has 2 atom stereocenters. The largest absolute Gasteiger partial charge is 0.494 e. The van der Waals surface area contributed by atoms with E-state index in [-0.39, 0.29) is 80.0 Å². The molecule has 0 bridgehead atoms. The summed E-state index contributed by atoms with van der Waals surface area (Å²) in [5.41, 5.74) is 1.24. The monoisotopic (exact) mass is 1190 g/mol. The molecule has 18 nitrogen and oxygen atoms in total. The van der Waals surface area contributed by atoms with Gasteiger partial charge in [-0.05, 0) is 80.8 Å². The maximum absolute atomic E-state index is 13.5. The quantitative estimate of drug-likeness (QED) is 0.0262. The summed E-state index contributed by atoms with van der Waals surface area (Å²) in [5, 5.41) is 23.3. The maximum Gasteiger partial charge on any atom is 0.276 e. The van der Waals surface area contributed by atoms with Gasteiger partial charge in [0.05, 0.1) is 46.2 Å². The first-order valence-electron chi connectivity index (χ1n) is 32.1. The van der Waals surface area contributed by atoms with Gasteiger partial charge in [-0.25, -0.2) is 0 Å². The molecule has 0 saturated heterocycles. The number of rotatable bonds is 54. The molecule has 0 aliphatic heterocycles. The van der Waals surface area contributed by atoms with Crippen molar-refractivity contribution in [2.75, 3.05) is 91.8 Å². The summed E-state index contributed by atoms with van der Waals surface area (Å²) < 4.78 is 34.6. The first kappa shape index (κ1) is 73.0. The molecule has 84 heavy (non-hydrogen) atoms. The van der Waals surface area contributed by atoms with Crippen LogP contribution in [0.2, 0.25) is 0 Å². The zero-order valence-corrected chi connectivity index (χ0v) is 52.9. The van der Waals surface area contributed by atoms with Crippen molar-refractivity contribution in [2.45, 2.75) is 200 Å². The average molecular weight is 1190 g/mol. The van der Waals surface area contributed by atoms with Crippen molar-refractivity contribution >= 4 is 41.3 Å². The fourth-order valence-electron chi connectivity index (χ4n) is 9.59. The number of nitrogens with zero attached hydrogens (tertiary/aromatic N) is 2. The van der Waals surface area contributed by atoms with Crippen molar-refractivity contribution in [3.63, 3.8) is 0 Å². The molecule has 0 aliphatic rings. The molecule has 0 radical (unpaired) electrons. The highest BCUT2D eigenvalue weighted by Gasteiger charge is 2.20. The van der Waals surface area contributed by atoms with E-state index in [1.807, 2.05) is 30.5 Å². The number of amides is 5. The minimum absolute atomic E-state index is 0.0185. The van der Waals surface area contributed by atoms with Crippen LogP contribution in [0.25, 0.3) is 11.5 Å². The maximum atomic E-state index is 13.5. The second kappa shape index (κ2) is 48.9. The SMILES string of the molecule is CCCCCCCCC(CCCCCC)C(=O)NCCOCCNC(=O)c1cc(OCCCC(=O)NCCOCCOc2ccc(-c3nnc(SC)o3)cc2)cc(C(=O)NCCOCCNC(=O)C(CCCCCC)CCCCCCCC)c1. The number of hydrogen-bond donors (Lipinski definition) is 5. The van der Waals surface area contributed by atoms with Gasteiger partial charge < -0.3 is 54.7 Å². The van der Waals surface area contributed by atoms with Crippen LogP contribution in [0.5, 0.6) is 11.5 Å². The van der Waals surface area contributed by atoms with Crippen LogP contribution in [0.3, 0.4) is 0 Å². The number of aromatic nitrogens is 2. The zero-order valence-electron chi connectivity index (χ0n) is 52.1. The molecule has 5 N–H and O–H groups in total. The molecular weight excluding hydrogens is 1090 g/mol. The minimum Gasteiger partial charge on any atom is -0.494 e. The Morgan fingerprint density at radius 2 is 0.869 bits per heavy atom. The van der Waals surface area contributed by atoms with Gasteiger partial charge in [-0.3, -0.25) is 24.0 Å². The van der Waals surface area contributed by atoms with Gasteiger partial charge in [0.25, 0.3) is 17.0 Å². The fraction of sp³-hybridized carbons (Fsp3) is 0.708. The Kier molecular flexibility index (Phi) is 42.5. The highest BCUT2D eigenvalue weighted by atomic mass is 32.2. The Morgan fingerprint density at radius 3 is 1.33 bits per heavy atom. The zero-order chi connectivity index (χ0) is 60.5. The molecule has 474 valence electrons. The lowest BCUT2D eigenvalue weighted by atomic mass is 9.93. The predicted molar refractivity (Wildman–Crippen MR) is 335 cm³/mol. The van der Waals surface area contributed by atoms with E-state index < -0.39 is 11.8 Å². The lowest BCUT2D eigenvalue weighted by molar-refractivity contribution is -0.126. The van der Waals surface area contributed by atoms with Crippen LogP contribution in [-0.2, 0) is 28.6 Å². The van der Waals surface area contributed by atoms with Gasteiger partial charge in [-0.1, -0.05) is 168 Å². The molecule has 0 aliphatic carbocycles. The van der Waals surface area contributed by atoms with Crippen molar-refractivity contribution in [2.24, 2.45) is 11.8 Å². The van der Waals surface area contributed by atoms with Gasteiger partial charge in [0.15, 0.2) is 0 Å². The highest BCUT2D eigenvalue weighted by Crippen LogP contribution is 2.25. The molecule has 3 rings (SSSR count). The Balaban J connectivity index is 1.46. The smallest absolute Gasteiger partial charge is 0.276 e. The van der Waals surface area contributed by atoms with Gasteiger partial charge in [0, 0.05) is 67.7 Å². The average Bonchev–Trinajstić information content (AvgIpc) is 4.17. The Morgan fingerprint density at radius 1 is 0.452 bits per heavy atom. The number of carbonyl (C=O) groups is 5. The van der Waals surface area contributed by atoms with E-state index in [9.17, 15) is 24.0 Å². The summed E-state index contributed by atoms with van der Waals surface area (Å²) in [6, 6.07) is 12.0. The van der Waals surface area contributed by atoms with Crippen LogP contribution in [0.1, 0.15) is 215 Å². The van der Waals surface area contributed by atoms with E-state index in [1.54, 1.807) is 12.1 Å². The Hall–Kier alpha value is -5.24. The number of carbonyl (C=O) groups excluding carboxylic acids is 5. The number of nitrogens with one attached hydrogen (secondary N) is 5. The van der Waals surface area contributed by atoms with Crippen molar-refractivity contribution in [3.05, 3.63) is 53.6 Å². The number of hydrogen-bond acceptors (Lipinski definition) is 14. The van der Waals surface area contributed by atoms with E-state index >= 15 is 0 Å². The lowest BCUT2D eigenvalue weighted by Crippen LogP contribution is -2.34. The fourth-order valence-corrected chi connectivity index (χ4v) is 9.88. The second-order valence-electron chi connectivity index (χ2n) is 21.6. The van der Waals surface area contributed by atoms with Crippen molar-refractivity contribution < 1.29 is 52.1 Å². The van der Waals surface area contributed by atoms with Gasteiger partial charge in [0.1, 0.15) is 18.1 Å². The van der Waals surface area contributed by atoms with Crippen molar-refractivity contribution in [1.29, 1.82) is 0 Å². The summed E-state index contributed by atoms with van der Waals surface area (Å²) in [5.74, 6) is 0.652. The normalized spacial score (nSPS) is 11.9. The van der Waals surface area contributed by atoms with Crippen LogP contribution in [0.15, 0.2) is 52.1 Å². The first-order chi connectivity index (χ1) is 41.1. The van der Waals surface area contributed by atoms with Gasteiger partial charge in [-0.15, -0.1) is 10.2 Å². The Bertz CT molecular complexity index is 2110. The van der Waals surface area contributed by atoms with E-state index in [0.29, 0.717) is 81.7 Å². The summed E-state index contributed by atoms with van der Waals surface area (Å²) in [6.07, 6.45) is 29.6. The van der Waals surface area contributed by atoms with E-state index in [0.717, 1.165) is 82.6 Å². The van der Waals surface area contributed by atoms with Crippen LogP contribution in [-0.4, -0.2) is 132 Å². The first-order valence-corrected chi connectivity index (χ1v) is 33.3. The summed E-state index contributed by atoms with van der Waals surface area (Å²) in [7, 11) is 0. The van der Waals surface area contributed by atoms with Crippen molar-refractivity contribution in [1.82, 2.24) is 36.8 Å².